The van der Waals surface area contributed by atoms with Crippen LogP contribution in [0.3, 0.4) is 0 Å². The lowest BCUT2D eigenvalue weighted by atomic mass is 10.1. The maximum Gasteiger partial charge on any atom is 0.165 e. The molecule has 2 aromatic rings. The summed E-state index contributed by atoms with van der Waals surface area (Å²) < 4.78 is 7.37. The van der Waals surface area contributed by atoms with Crippen molar-refractivity contribution in [2.45, 2.75) is 6.92 Å². The Morgan fingerprint density at radius 3 is 2.82 bits per heavy atom. The predicted molar refractivity (Wildman–Crippen MR) is 70.3 cm³/mol. The van der Waals surface area contributed by atoms with Gasteiger partial charge in [-0.25, -0.2) is 0 Å². The first kappa shape index (κ1) is 11.6. The molecule has 0 bridgehead atoms. The maximum atomic E-state index is 5.70. The highest BCUT2D eigenvalue weighted by Gasteiger charge is 2.08. The second-order valence-electron chi connectivity index (χ2n) is 3.82. The zero-order chi connectivity index (χ0) is 12.4. The van der Waals surface area contributed by atoms with Crippen LogP contribution in [0.4, 0.5) is 0 Å². The number of hydrogen-bond donors (Lipinski definition) is 1. The van der Waals surface area contributed by atoms with Gasteiger partial charge in [0.25, 0.3) is 0 Å². The van der Waals surface area contributed by atoms with E-state index in [2.05, 4.69) is 5.10 Å². The normalized spacial score (nSPS) is 10.2. The summed E-state index contributed by atoms with van der Waals surface area (Å²) in [5.41, 5.74) is 7.50. The van der Waals surface area contributed by atoms with E-state index in [4.69, 9.17) is 22.7 Å². The molecule has 0 fully saturated rings. The molecule has 5 heteroatoms. The van der Waals surface area contributed by atoms with Crippen molar-refractivity contribution in [3.05, 3.63) is 41.7 Å². The van der Waals surface area contributed by atoms with Crippen LogP contribution in [0.5, 0.6) is 11.5 Å². The Balaban J connectivity index is 2.35. The van der Waals surface area contributed by atoms with Crippen LogP contribution in [0.2, 0.25) is 0 Å². The van der Waals surface area contributed by atoms with Crippen molar-refractivity contribution < 1.29 is 4.74 Å². The van der Waals surface area contributed by atoms with Crippen LogP contribution in [0, 0.1) is 6.92 Å². The smallest absolute Gasteiger partial charge is 0.165 e. The Kier molecular flexibility index (Phi) is 3.10. The SMILES string of the molecule is Cc1ccc(Oc2cnn(C)c2)c(C(N)=S)c1. The quantitative estimate of drug-likeness (QED) is 0.844. The van der Waals surface area contributed by atoms with Gasteiger partial charge in [-0.15, -0.1) is 0 Å². The lowest BCUT2D eigenvalue weighted by Gasteiger charge is -2.09. The Morgan fingerprint density at radius 1 is 1.47 bits per heavy atom. The minimum atomic E-state index is 0.326. The van der Waals surface area contributed by atoms with Crippen LogP contribution in [0.25, 0.3) is 0 Å². The summed E-state index contributed by atoms with van der Waals surface area (Å²) in [4.78, 5) is 0.326. The molecule has 0 atom stereocenters. The van der Waals surface area contributed by atoms with Crippen molar-refractivity contribution >= 4 is 17.2 Å². The molecular weight excluding hydrogens is 234 g/mol. The molecule has 1 aromatic heterocycles. The molecule has 0 unspecified atom stereocenters. The summed E-state index contributed by atoms with van der Waals surface area (Å²) in [6.07, 6.45) is 3.42. The summed E-state index contributed by atoms with van der Waals surface area (Å²) in [7, 11) is 1.83. The molecular formula is C12H13N3OS. The van der Waals surface area contributed by atoms with Gasteiger partial charge in [-0.2, -0.15) is 5.10 Å². The van der Waals surface area contributed by atoms with E-state index in [1.807, 2.05) is 32.2 Å². The van der Waals surface area contributed by atoms with Gasteiger partial charge in [0, 0.05) is 7.05 Å². The van der Waals surface area contributed by atoms with Gasteiger partial charge in [0.15, 0.2) is 5.75 Å². The minimum absolute atomic E-state index is 0.326. The van der Waals surface area contributed by atoms with Crippen molar-refractivity contribution in [1.82, 2.24) is 9.78 Å². The molecule has 88 valence electrons. The molecule has 2 rings (SSSR count). The predicted octanol–water partition coefficient (Wildman–Crippen LogP) is 2.16. The lowest BCUT2D eigenvalue weighted by molar-refractivity contribution is 0.481. The van der Waals surface area contributed by atoms with Crippen LogP contribution >= 0.6 is 12.2 Å². The third kappa shape index (κ3) is 2.62. The molecule has 0 aliphatic rings. The molecule has 0 aliphatic heterocycles. The van der Waals surface area contributed by atoms with E-state index in [0.717, 1.165) is 11.1 Å². The molecule has 0 aliphatic carbocycles. The third-order valence-electron chi connectivity index (χ3n) is 2.31. The Bertz CT molecular complexity index is 563. The molecule has 17 heavy (non-hydrogen) atoms. The Labute approximate surface area is 105 Å². The fourth-order valence-corrected chi connectivity index (χ4v) is 1.66. The zero-order valence-electron chi connectivity index (χ0n) is 9.68. The monoisotopic (exact) mass is 247 g/mol. The molecule has 0 spiro atoms. The van der Waals surface area contributed by atoms with Crippen molar-refractivity contribution in [3.63, 3.8) is 0 Å². The van der Waals surface area contributed by atoms with Crippen molar-refractivity contribution in [2.24, 2.45) is 12.8 Å². The molecule has 0 saturated heterocycles. The molecule has 0 amide bonds. The molecule has 1 aromatic carbocycles. The summed E-state index contributed by atoms with van der Waals surface area (Å²) in [5, 5.41) is 4.03. The van der Waals surface area contributed by atoms with Gasteiger partial charge >= 0.3 is 0 Å². The van der Waals surface area contributed by atoms with Crippen LogP contribution in [-0.2, 0) is 7.05 Å². The highest BCUT2D eigenvalue weighted by molar-refractivity contribution is 7.80. The summed E-state index contributed by atoms with van der Waals surface area (Å²) >= 11 is 5.01. The minimum Gasteiger partial charge on any atom is -0.453 e. The van der Waals surface area contributed by atoms with Gasteiger partial charge < -0.3 is 10.5 Å². The summed E-state index contributed by atoms with van der Waals surface area (Å²) in [5.74, 6) is 1.31. The van der Waals surface area contributed by atoms with Crippen molar-refractivity contribution in [3.8, 4) is 11.5 Å². The number of ether oxygens (including phenoxy) is 1. The van der Waals surface area contributed by atoms with Gasteiger partial charge in [0.1, 0.15) is 10.7 Å². The molecule has 0 radical (unpaired) electrons. The number of aromatic nitrogens is 2. The van der Waals surface area contributed by atoms with Gasteiger partial charge in [-0.1, -0.05) is 23.8 Å². The number of hydrogen-bond acceptors (Lipinski definition) is 3. The first-order valence-corrected chi connectivity index (χ1v) is 5.54. The zero-order valence-corrected chi connectivity index (χ0v) is 10.5. The fraction of sp³-hybridized carbons (Fsp3) is 0.167. The number of nitrogens with zero attached hydrogens (tertiary/aromatic N) is 2. The van der Waals surface area contributed by atoms with Crippen molar-refractivity contribution in [1.29, 1.82) is 0 Å². The average molecular weight is 247 g/mol. The first-order chi connectivity index (χ1) is 8.06. The van der Waals surface area contributed by atoms with Crippen LogP contribution in [0.15, 0.2) is 30.6 Å². The number of thiocarbonyl (C=S) groups is 1. The van der Waals surface area contributed by atoms with E-state index in [0.29, 0.717) is 16.5 Å². The second kappa shape index (κ2) is 4.55. The third-order valence-corrected chi connectivity index (χ3v) is 2.53. The van der Waals surface area contributed by atoms with Gasteiger partial charge in [0.2, 0.25) is 0 Å². The highest BCUT2D eigenvalue weighted by Crippen LogP contribution is 2.25. The Morgan fingerprint density at radius 2 is 2.24 bits per heavy atom. The standard InChI is InChI=1S/C12H13N3OS/c1-8-3-4-11(10(5-8)12(13)17)16-9-6-14-15(2)7-9/h3-7H,1-2H3,(H2,13,17). The van der Waals surface area contributed by atoms with E-state index < -0.39 is 0 Å². The molecule has 1 heterocycles. The molecule has 0 saturated carbocycles. The maximum absolute atomic E-state index is 5.70. The van der Waals surface area contributed by atoms with Gasteiger partial charge in [-0.3, -0.25) is 4.68 Å². The lowest BCUT2D eigenvalue weighted by Crippen LogP contribution is -2.10. The molecule has 4 nitrogen and oxygen atoms in total. The highest BCUT2D eigenvalue weighted by atomic mass is 32.1. The van der Waals surface area contributed by atoms with E-state index in [-0.39, 0.29) is 0 Å². The number of benzene rings is 1. The van der Waals surface area contributed by atoms with E-state index in [9.17, 15) is 0 Å². The van der Waals surface area contributed by atoms with Gasteiger partial charge in [-0.05, 0) is 19.1 Å². The van der Waals surface area contributed by atoms with Gasteiger partial charge in [0.05, 0.1) is 18.0 Å². The van der Waals surface area contributed by atoms with E-state index in [1.54, 1.807) is 17.1 Å². The number of nitrogens with two attached hydrogens (primary N) is 1. The Hall–Kier alpha value is -1.88. The van der Waals surface area contributed by atoms with Crippen molar-refractivity contribution in [2.75, 3.05) is 0 Å². The van der Waals surface area contributed by atoms with Crippen LogP contribution in [0.1, 0.15) is 11.1 Å². The number of rotatable bonds is 3. The summed E-state index contributed by atoms with van der Waals surface area (Å²) in [6.45, 7) is 1.98. The summed E-state index contributed by atoms with van der Waals surface area (Å²) in [6, 6.07) is 5.72. The topological polar surface area (TPSA) is 53.1 Å². The van der Waals surface area contributed by atoms with Crippen LogP contribution in [-0.4, -0.2) is 14.8 Å². The van der Waals surface area contributed by atoms with E-state index >= 15 is 0 Å². The molecule has 2 N–H and O–H groups in total. The van der Waals surface area contributed by atoms with E-state index in [1.165, 1.54) is 0 Å². The number of aryl methyl sites for hydroxylation is 2. The largest absolute Gasteiger partial charge is 0.453 e. The average Bonchev–Trinajstić information content (AvgIpc) is 2.66. The second-order valence-corrected chi connectivity index (χ2v) is 4.26. The van der Waals surface area contributed by atoms with Crippen LogP contribution < -0.4 is 10.5 Å². The fourth-order valence-electron chi connectivity index (χ4n) is 1.50. The first-order valence-electron chi connectivity index (χ1n) is 5.13.